The predicted molar refractivity (Wildman–Crippen MR) is 119 cm³/mol. The second kappa shape index (κ2) is 8.27. The van der Waals surface area contributed by atoms with E-state index in [1.165, 1.54) is 16.2 Å². The van der Waals surface area contributed by atoms with Gasteiger partial charge in [-0.15, -0.1) is 11.3 Å². The van der Waals surface area contributed by atoms with Gasteiger partial charge >= 0.3 is 0 Å². The molecule has 1 unspecified atom stereocenters. The summed E-state index contributed by atoms with van der Waals surface area (Å²) < 4.78 is 34.9. The van der Waals surface area contributed by atoms with Crippen LogP contribution in [0.5, 0.6) is 5.88 Å². The Morgan fingerprint density at radius 3 is 2.84 bits per heavy atom. The maximum atomic E-state index is 14.7. The summed E-state index contributed by atoms with van der Waals surface area (Å²) in [6, 6.07) is 17.8. The zero-order valence-corrected chi connectivity index (χ0v) is 17.8. The molecule has 1 aliphatic heterocycles. The maximum Gasteiger partial charge on any atom is 0.287 e. The first kappa shape index (κ1) is 20.5. The third-order valence-electron chi connectivity index (χ3n) is 5.48. The molecule has 3 heterocycles. The summed E-state index contributed by atoms with van der Waals surface area (Å²) in [7, 11) is 0. The molecule has 32 heavy (non-hydrogen) atoms. The van der Waals surface area contributed by atoms with Crippen LogP contribution in [0.2, 0.25) is 0 Å². The Morgan fingerprint density at radius 1 is 1.12 bits per heavy atom. The lowest BCUT2D eigenvalue weighted by Gasteiger charge is -2.38. The number of amides is 1. The molecule has 162 valence electrons. The number of fused-ring (bicyclic) bond motifs is 1. The Morgan fingerprint density at radius 2 is 2.00 bits per heavy atom. The van der Waals surface area contributed by atoms with Gasteiger partial charge in [0.05, 0.1) is 12.1 Å². The summed E-state index contributed by atoms with van der Waals surface area (Å²) in [6.45, 7) is -0.264. The number of ether oxygens (including phenoxy) is 1. The number of rotatable bonds is 4. The van der Waals surface area contributed by atoms with Crippen LogP contribution in [0.1, 0.15) is 16.8 Å². The van der Waals surface area contributed by atoms with Crippen LogP contribution in [-0.2, 0) is 0 Å². The number of piperidine rings is 1. The summed E-state index contributed by atoms with van der Waals surface area (Å²) in [5.74, 6) is -3.25. The average molecular weight is 451 g/mol. The highest BCUT2D eigenvalue weighted by Crippen LogP contribution is 2.33. The first-order chi connectivity index (χ1) is 15.5. The highest BCUT2D eigenvalue weighted by Gasteiger charge is 2.47. The molecule has 1 saturated heterocycles. The van der Waals surface area contributed by atoms with E-state index < -0.39 is 18.4 Å². The molecular weight excluding hydrogens is 432 g/mol. The molecule has 2 aromatic heterocycles. The van der Waals surface area contributed by atoms with Crippen LogP contribution in [0.3, 0.4) is 0 Å². The van der Waals surface area contributed by atoms with Crippen molar-refractivity contribution in [1.29, 1.82) is 0 Å². The molecular formula is C24H19F2N3O2S. The molecule has 2 aromatic carbocycles. The Balaban J connectivity index is 1.36. The lowest BCUT2D eigenvalue weighted by molar-refractivity contribution is -0.131. The minimum absolute atomic E-state index is 0.0433. The molecule has 5 nitrogen and oxygen atoms in total. The normalized spacial score (nSPS) is 17.9. The fraction of sp³-hybridized carbons (Fsp3) is 0.208. The van der Waals surface area contributed by atoms with Crippen molar-refractivity contribution in [3.63, 3.8) is 0 Å². The van der Waals surface area contributed by atoms with Crippen molar-refractivity contribution in [3.05, 3.63) is 77.8 Å². The van der Waals surface area contributed by atoms with Crippen LogP contribution in [0.15, 0.2) is 72.2 Å². The highest BCUT2D eigenvalue weighted by molar-refractivity contribution is 7.13. The number of hydrogen-bond donors (Lipinski definition) is 0. The van der Waals surface area contributed by atoms with Crippen LogP contribution >= 0.6 is 11.3 Å². The standard InChI is InChI=1S/C24H19F2N3O2S/c25-24(26)10-12-29(23(30)18-6-3-5-17(14-18)22-27-11-13-32-22)15-20(24)31-21-9-8-16-4-1-2-7-19(16)28-21/h1-9,11,13-14,20H,10,12,15H2. The van der Waals surface area contributed by atoms with Gasteiger partial charge in [-0.3, -0.25) is 4.79 Å². The van der Waals surface area contributed by atoms with Crippen LogP contribution in [0.4, 0.5) is 8.78 Å². The quantitative estimate of drug-likeness (QED) is 0.423. The molecule has 5 rings (SSSR count). The van der Waals surface area contributed by atoms with Crippen molar-refractivity contribution in [1.82, 2.24) is 14.9 Å². The average Bonchev–Trinajstić information content (AvgIpc) is 3.35. The minimum atomic E-state index is -3.06. The van der Waals surface area contributed by atoms with E-state index in [9.17, 15) is 13.6 Å². The minimum Gasteiger partial charge on any atom is -0.466 e. The summed E-state index contributed by atoms with van der Waals surface area (Å²) in [5, 5.41) is 3.56. The lowest BCUT2D eigenvalue weighted by atomic mass is 10.0. The van der Waals surface area contributed by atoms with E-state index in [-0.39, 0.29) is 24.9 Å². The lowest BCUT2D eigenvalue weighted by Crippen LogP contribution is -2.55. The molecule has 1 atom stereocenters. The van der Waals surface area contributed by atoms with E-state index in [0.29, 0.717) is 11.1 Å². The van der Waals surface area contributed by atoms with E-state index in [2.05, 4.69) is 9.97 Å². The van der Waals surface area contributed by atoms with Gasteiger partial charge in [0.25, 0.3) is 11.8 Å². The maximum absolute atomic E-state index is 14.7. The van der Waals surface area contributed by atoms with Gasteiger partial charge in [-0.05, 0) is 24.3 Å². The van der Waals surface area contributed by atoms with Crippen LogP contribution in [0.25, 0.3) is 21.5 Å². The SMILES string of the molecule is O=C(c1cccc(-c2nccs2)c1)N1CCC(F)(F)C(Oc2ccc3ccccc3n2)C1. The van der Waals surface area contributed by atoms with Gasteiger partial charge in [0.2, 0.25) is 5.88 Å². The first-order valence-corrected chi connectivity index (χ1v) is 11.1. The fourth-order valence-corrected chi connectivity index (χ4v) is 4.41. The first-order valence-electron chi connectivity index (χ1n) is 10.2. The smallest absolute Gasteiger partial charge is 0.287 e. The number of carbonyl (C=O) groups excluding carboxylic acids is 1. The Hall–Kier alpha value is -3.39. The summed E-state index contributed by atoms with van der Waals surface area (Å²) in [6.07, 6.45) is -0.247. The van der Waals surface area contributed by atoms with E-state index in [1.807, 2.05) is 29.6 Å². The number of aromatic nitrogens is 2. The molecule has 0 spiro atoms. The molecule has 1 fully saturated rings. The molecule has 0 N–H and O–H groups in total. The number of hydrogen-bond acceptors (Lipinski definition) is 5. The topological polar surface area (TPSA) is 55.3 Å². The second-order valence-corrected chi connectivity index (χ2v) is 8.52. The van der Waals surface area contributed by atoms with Crippen molar-refractivity contribution >= 4 is 28.1 Å². The van der Waals surface area contributed by atoms with Crippen molar-refractivity contribution < 1.29 is 18.3 Å². The van der Waals surface area contributed by atoms with Crippen molar-refractivity contribution in [2.24, 2.45) is 0 Å². The van der Waals surface area contributed by atoms with Crippen LogP contribution < -0.4 is 4.74 Å². The third kappa shape index (κ3) is 4.05. The zero-order valence-electron chi connectivity index (χ0n) is 16.9. The number of nitrogens with zero attached hydrogens (tertiary/aromatic N) is 3. The number of pyridine rings is 1. The van der Waals surface area contributed by atoms with Gasteiger partial charge in [-0.1, -0.05) is 30.3 Å². The van der Waals surface area contributed by atoms with E-state index in [4.69, 9.17) is 4.74 Å². The van der Waals surface area contributed by atoms with Gasteiger partial charge in [-0.2, -0.15) is 0 Å². The Kier molecular flexibility index (Phi) is 5.30. The predicted octanol–water partition coefficient (Wildman–Crippen LogP) is 5.29. The second-order valence-electron chi connectivity index (χ2n) is 7.63. The van der Waals surface area contributed by atoms with Crippen LogP contribution in [0, 0.1) is 0 Å². The van der Waals surface area contributed by atoms with Gasteiger partial charge < -0.3 is 9.64 Å². The Bertz CT molecular complexity index is 1260. The molecule has 1 aliphatic rings. The number of thiazole rings is 1. The van der Waals surface area contributed by atoms with E-state index in [1.54, 1.807) is 42.6 Å². The number of benzene rings is 2. The third-order valence-corrected chi connectivity index (χ3v) is 6.31. The number of halogens is 2. The molecule has 4 aromatic rings. The fourth-order valence-electron chi connectivity index (χ4n) is 3.77. The largest absolute Gasteiger partial charge is 0.466 e. The van der Waals surface area contributed by atoms with Crippen LogP contribution in [-0.4, -0.2) is 45.9 Å². The van der Waals surface area contributed by atoms with E-state index >= 15 is 0 Å². The van der Waals surface area contributed by atoms with E-state index in [0.717, 1.165) is 16.0 Å². The molecule has 0 aliphatic carbocycles. The molecule has 0 saturated carbocycles. The summed E-state index contributed by atoms with van der Waals surface area (Å²) >= 11 is 1.47. The monoisotopic (exact) mass is 451 g/mol. The number of alkyl halides is 2. The molecule has 8 heteroatoms. The highest BCUT2D eigenvalue weighted by atomic mass is 32.1. The zero-order chi connectivity index (χ0) is 22.1. The number of likely N-dealkylation sites (tertiary alicyclic amines) is 1. The Labute approximate surface area is 187 Å². The molecule has 0 radical (unpaired) electrons. The van der Waals surface area contributed by atoms with Gasteiger partial charge in [0.15, 0.2) is 6.10 Å². The summed E-state index contributed by atoms with van der Waals surface area (Å²) in [5.41, 5.74) is 1.92. The van der Waals surface area contributed by atoms with Gasteiger partial charge in [0.1, 0.15) is 5.01 Å². The molecule has 0 bridgehead atoms. The van der Waals surface area contributed by atoms with Crippen molar-refractivity contribution in [2.45, 2.75) is 18.4 Å². The van der Waals surface area contributed by atoms with Gasteiger partial charge in [0, 0.05) is 47.1 Å². The van der Waals surface area contributed by atoms with Gasteiger partial charge in [-0.25, -0.2) is 18.7 Å². The molecule has 1 amide bonds. The number of carbonyl (C=O) groups is 1. The van der Waals surface area contributed by atoms with Crippen molar-refractivity contribution in [3.8, 4) is 16.5 Å². The summed E-state index contributed by atoms with van der Waals surface area (Å²) in [4.78, 5) is 23.1. The van der Waals surface area contributed by atoms with Crippen molar-refractivity contribution in [2.75, 3.05) is 13.1 Å². The number of para-hydroxylation sites is 1.